The van der Waals surface area contributed by atoms with Gasteiger partial charge in [-0.3, -0.25) is 0 Å². The molecular weight excluding hydrogens is 211 g/mol. The van der Waals surface area contributed by atoms with Crippen LogP contribution in [0.5, 0.6) is 0 Å². The molecule has 0 aliphatic heterocycles. The van der Waals surface area contributed by atoms with Crippen molar-refractivity contribution in [2.45, 2.75) is 32.1 Å². The molecule has 0 spiro atoms. The highest BCUT2D eigenvalue weighted by molar-refractivity contribution is 9.12. The number of hydrogen-bond acceptors (Lipinski definition) is 0. The first-order valence-electron chi connectivity index (χ1n) is 3.82. The van der Waals surface area contributed by atoms with E-state index in [-0.39, 0.29) is 0 Å². The Hall–Kier alpha value is 0.510. The minimum absolute atomic E-state index is 0.737. The summed E-state index contributed by atoms with van der Waals surface area (Å²) < 4.78 is 0.777. The Morgan fingerprint density at radius 2 is 1.90 bits per heavy atom. The van der Waals surface area contributed by atoms with E-state index in [9.17, 15) is 0 Å². The van der Waals surface area contributed by atoms with Crippen molar-refractivity contribution in [3.05, 3.63) is 10.0 Å². The largest absolute Gasteiger partial charge is 0.0797 e. The van der Waals surface area contributed by atoms with E-state index in [1.165, 1.54) is 32.1 Å². The molecule has 0 nitrogen and oxygen atoms in total. The van der Waals surface area contributed by atoms with E-state index in [4.69, 9.17) is 11.6 Å². The molecule has 1 rings (SSSR count). The van der Waals surface area contributed by atoms with Gasteiger partial charge in [0.2, 0.25) is 0 Å². The number of allylic oxidation sites excluding steroid dienone is 1. The van der Waals surface area contributed by atoms with Gasteiger partial charge in [0.25, 0.3) is 0 Å². The molecule has 0 unspecified atom stereocenters. The molecule has 1 fully saturated rings. The van der Waals surface area contributed by atoms with Gasteiger partial charge in [-0.1, -0.05) is 36.9 Å². The van der Waals surface area contributed by atoms with Gasteiger partial charge in [0.1, 0.15) is 0 Å². The smallest absolute Gasteiger partial charge is 0.0765 e. The van der Waals surface area contributed by atoms with E-state index in [1.54, 1.807) is 0 Å². The van der Waals surface area contributed by atoms with E-state index in [1.807, 2.05) is 0 Å². The van der Waals surface area contributed by atoms with Gasteiger partial charge >= 0.3 is 0 Å². The molecule has 0 bridgehead atoms. The zero-order valence-electron chi connectivity index (χ0n) is 5.95. The summed E-state index contributed by atoms with van der Waals surface area (Å²) >= 11 is 8.93. The zero-order chi connectivity index (χ0) is 7.40. The SMILES string of the molecule is Cl/C(Br)=C/C1CCCCC1. The van der Waals surface area contributed by atoms with Gasteiger partial charge in [-0.15, -0.1) is 0 Å². The van der Waals surface area contributed by atoms with Crippen molar-refractivity contribution < 1.29 is 0 Å². The molecule has 2 heteroatoms. The molecule has 0 radical (unpaired) electrons. The van der Waals surface area contributed by atoms with Crippen LogP contribution in [0.1, 0.15) is 32.1 Å². The van der Waals surface area contributed by atoms with Crippen molar-refractivity contribution in [1.29, 1.82) is 0 Å². The van der Waals surface area contributed by atoms with E-state index in [0.717, 1.165) is 9.86 Å². The molecule has 0 amide bonds. The first kappa shape index (κ1) is 8.61. The Morgan fingerprint density at radius 3 is 2.40 bits per heavy atom. The Kier molecular flexibility index (Phi) is 3.79. The van der Waals surface area contributed by atoms with Crippen LogP contribution in [0.2, 0.25) is 0 Å². The Labute approximate surface area is 75.8 Å². The highest BCUT2D eigenvalue weighted by Gasteiger charge is 2.10. The molecule has 0 aromatic carbocycles. The first-order valence-corrected chi connectivity index (χ1v) is 4.99. The second kappa shape index (κ2) is 4.40. The highest BCUT2D eigenvalue weighted by atomic mass is 79.9. The predicted octanol–water partition coefficient (Wildman–Crippen LogP) is 4.04. The molecule has 0 N–H and O–H groups in total. The van der Waals surface area contributed by atoms with Crippen LogP contribution in [-0.4, -0.2) is 0 Å². The van der Waals surface area contributed by atoms with Crippen molar-refractivity contribution in [2.75, 3.05) is 0 Å². The lowest BCUT2D eigenvalue weighted by molar-refractivity contribution is 0.419. The van der Waals surface area contributed by atoms with E-state index in [0.29, 0.717) is 0 Å². The number of halogens is 2. The molecule has 0 heterocycles. The average molecular weight is 224 g/mol. The maximum absolute atomic E-state index is 5.69. The van der Waals surface area contributed by atoms with Crippen LogP contribution in [0.15, 0.2) is 10.0 Å². The van der Waals surface area contributed by atoms with Gasteiger partial charge in [-0.2, -0.15) is 0 Å². The van der Waals surface area contributed by atoms with Gasteiger partial charge < -0.3 is 0 Å². The molecule has 0 aromatic heterocycles. The fourth-order valence-electron chi connectivity index (χ4n) is 1.48. The van der Waals surface area contributed by atoms with E-state index >= 15 is 0 Å². The second-order valence-corrected chi connectivity index (χ2v) is 4.57. The Bertz CT molecular complexity index is 121. The fraction of sp³-hybridized carbons (Fsp3) is 0.750. The lowest BCUT2D eigenvalue weighted by atomic mass is 9.90. The topological polar surface area (TPSA) is 0 Å². The molecule has 0 aromatic rings. The van der Waals surface area contributed by atoms with Crippen LogP contribution in [0.3, 0.4) is 0 Å². The Morgan fingerprint density at radius 1 is 1.30 bits per heavy atom. The van der Waals surface area contributed by atoms with Gasteiger partial charge in [0.05, 0.1) is 3.94 Å². The van der Waals surface area contributed by atoms with Gasteiger partial charge in [-0.25, -0.2) is 0 Å². The molecule has 0 atom stereocenters. The molecule has 58 valence electrons. The summed E-state index contributed by atoms with van der Waals surface area (Å²) in [6.07, 6.45) is 8.92. The summed E-state index contributed by atoms with van der Waals surface area (Å²) in [6.45, 7) is 0. The normalized spacial score (nSPS) is 23.2. The molecule has 0 saturated heterocycles. The van der Waals surface area contributed by atoms with Crippen LogP contribution in [-0.2, 0) is 0 Å². The van der Waals surface area contributed by atoms with Crippen LogP contribution < -0.4 is 0 Å². The molecule has 1 saturated carbocycles. The molecule has 1 aliphatic rings. The lowest BCUT2D eigenvalue weighted by Crippen LogP contribution is -2.02. The Balaban J connectivity index is 2.33. The van der Waals surface area contributed by atoms with Crippen molar-refractivity contribution in [1.82, 2.24) is 0 Å². The summed E-state index contributed by atoms with van der Waals surface area (Å²) in [5.74, 6) is 0.737. The van der Waals surface area contributed by atoms with Crippen LogP contribution >= 0.6 is 27.5 Å². The second-order valence-electron chi connectivity index (χ2n) is 2.85. The third kappa shape index (κ3) is 3.07. The fourth-order valence-corrected chi connectivity index (χ4v) is 2.03. The summed E-state index contributed by atoms with van der Waals surface area (Å²) in [7, 11) is 0. The van der Waals surface area contributed by atoms with E-state index < -0.39 is 0 Å². The third-order valence-electron chi connectivity index (χ3n) is 2.01. The van der Waals surface area contributed by atoms with Gasteiger partial charge in [0.15, 0.2) is 0 Å². The number of hydrogen-bond donors (Lipinski definition) is 0. The molecule has 1 aliphatic carbocycles. The summed E-state index contributed by atoms with van der Waals surface area (Å²) in [5.41, 5.74) is 0. The van der Waals surface area contributed by atoms with Crippen molar-refractivity contribution in [3.8, 4) is 0 Å². The monoisotopic (exact) mass is 222 g/mol. The quantitative estimate of drug-likeness (QED) is 0.629. The average Bonchev–Trinajstić information content (AvgIpc) is 1.88. The lowest BCUT2D eigenvalue weighted by Gasteiger charge is -2.17. The maximum Gasteiger partial charge on any atom is 0.0797 e. The third-order valence-corrected chi connectivity index (χ3v) is 2.40. The van der Waals surface area contributed by atoms with Crippen LogP contribution in [0.4, 0.5) is 0 Å². The van der Waals surface area contributed by atoms with Crippen molar-refractivity contribution in [2.24, 2.45) is 5.92 Å². The van der Waals surface area contributed by atoms with E-state index in [2.05, 4.69) is 22.0 Å². The zero-order valence-corrected chi connectivity index (χ0v) is 8.29. The minimum atomic E-state index is 0.737. The standard InChI is InChI=1S/C8H12BrCl/c9-8(10)6-7-4-2-1-3-5-7/h6-7H,1-5H2/b8-6+. The summed E-state index contributed by atoms with van der Waals surface area (Å²) in [6, 6.07) is 0. The van der Waals surface area contributed by atoms with Crippen LogP contribution in [0, 0.1) is 5.92 Å². The maximum atomic E-state index is 5.69. The summed E-state index contributed by atoms with van der Waals surface area (Å²) in [5, 5.41) is 0. The van der Waals surface area contributed by atoms with Crippen molar-refractivity contribution >= 4 is 27.5 Å². The number of rotatable bonds is 1. The van der Waals surface area contributed by atoms with Gasteiger partial charge in [-0.05, 0) is 34.7 Å². The first-order chi connectivity index (χ1) is 4.79. The molecule has 10 heavy (non-hydrogen) atoms. The van der Waals surface area contributed by atoms with Crippen molar-refractivity contribution in [3.63, 3.8) is 0 Å². The summed E-state index contributed by atoms with van der Waals surface area (Å²) in [4.78, 5) is 0. The minimum Gasteiger partial charge on any atom is -0.0765 e. The molecular formula is C8H12BrCl. The van der Waals surface area contributed by atoms with Crippen LogP contribution in [0.25, 0.3) is 0 Å². The highest BCUT2D eigenvalue weighted by Crippen LogP contribution is 2.27. The van der Waals surface area contributed by atoms with Gasteiger partial charge in [0, 0.05) is 0 Å². The predicted molar refractivity (Wildman–Crippen MR) is 49.4 cm³/mol.